The van der Waals surface area contributed by atoms with Crippen LogP contribution in [0.15, 0.2) is 35.4 Å². The molecule has 2 rings (SSSR count). The maximum atomic E-state index is 4.07. The van der Waals surface area contributed by atoms with Gasteiger partial charge in [-0.2, -0.15) is 0 Å². The molecule has 0 saturated carbocycles. The van der Waals surface area contributed by atoms with E-state index in [-0.39, 0.29) is 0 Å². The molecule has 1 heterocycles. The summed E-state index contributed by atoms with van der Waals surface area (Å²) in [6.45, 7) is 0.902. The van der Waals surface area contributed by atoms with Gasteiger partial charge in [0.05, 0.1) is 5.69 Å². The van der Waals surface area contributed by atoms with Crippen molar-refractivity contribution in [2.75, 3.05) is 7.05 Å². The van der Waals surface area contributed by atoms with Crippen LogP contribution in [-0.2, 0) is 19.3 Å². The van der Waals surface area contributed by atoms with Crippen LogP contribution in [0.4, 0.5) is 0 Å². The molecule has 0 aliphatic heterocycles. The first kappa shape index (κ1) is 12.1. The highest BCUT2D eigenvalue weighted by molar-refractivity contribution is 7.98. The van der Waals surface area contributed by atoms with Crippen molar-refractivity contribution < 1.29 is 0 Å². The monoisotopic (exact) mass is 248 g/mol. The van der Waals surface area contributed by atoms with E-state index in [1.54, 1.807) is 16.4 Å². The van der Waals surface area contributed by atoms with Crippen molar-refractivity contribution in [3.8, 4) is 0 Å². The second kappa shape index (κ2) is 5.84. The molecule has 1 aromatic carbocycles. The molecule has 1 aromatic heterocycles. The van der Waals surface area contributed by atoms with E-state index in [1.165, 1.54) is 10.5 Å². The van der Waals surface area contributed by atoms with Crippen molar-refractivity contribution in [2.24, 2.45) is 7.05 Å². The Hall–Kier alpha value is -1.33. The zero-order chi connectivity index (χ0) is 12.1. The minimum atomic E-state index is 0.858. The molecule has 0 fully saturated rings. The minimum absolute atomic E-state index is 0.858. The summed E-state index contributed by atoms with van der Waals surface area (Å²) in [5.41, 5.74) is 2.31. The van der Waals surface area contributed by atoms with Gasteiger partial charge in [-0.15, -0.1) is 16.9 Å². The first-order valence-electron chi connectivity index (χ1n) is 5.49. The van der Waals surface area contributed by atoms with Crippen LogP contribution in [0.5, 0.6) is 0 Å². The molecule has 0 amide bonds. The topological polar surface area (TPSA) is 42.7 Å². The molecule has 5 heteroatoms. The molecule has 0 aliphatic carbocycles. The Morgan fingerprint density at radius 2 is 2.29 bits per heavy atom. The summed E-state index contributed by atoms with van der Waals surface area (Å²) in [6, 6.07) is 8.55. The number of aryl methyl sites for hydroxylation is 1. The SMILES string of the molecule is CNCc1cccc(SCc2cn(C)nn2)c1. The summed E-state index contributed by atoms with van der Waals surface area (Å²) in [5.74, 6) is 0.858. The van der Waals surface area contributed by atoms with E-state index in [4.69, 9.17) is 0 Å². The quantitative estimate of drug-likeness (QED) is 0.820. The Labute approximate surface area is 105 Å². The molecule has 0 unspecified atom stereocenters. The van der Waals surface area contributed by atoms with Gasteiger partial charge in [-0.05, 0) is 24.7 Å². The van der Waals surface area contributed by atoms with Crippen LogP contribution in [0.3, 0.4) is 0 Å². The largest absolute Gasteiger partial charge is 0.316 e. The van der Waals surface area contributed by atoms with Gasteiger partial charge >= 0.3 is 0 Å². The summed E-state index contributed by atoms with van der Waals surface area (Å²) >= 11 is 1.78. The highest BCUT2D eigenvalue weighted by atomic mass is 32.2. The number of thioether (sulfide) groups is 1. The number of hydrogen-bond acceptors (Lipinski definition) is 4. The van der Waals surface area contributed by atoms with Gasteiger partial charge in [-0.3, -0.25) is 4.68 Å². The number of aromatic nitrogens is 3. The molecule has 0 aliphatic rings. The molecule has 1 N–H and O–H groups in total. The fourth-order valence-corrected chi connectivity index (χ4v) is 2.42. The molecule has 4 nitrogen and oxygen atoms in total. The maximum Gasteiger partial charge on any atom is 0.0929 e. The summed E-state index contributed by atoms with van der Waals surface area (Å²) in [6.07, 6.45) is 1.95. The molecule has 2 aromatic rings. The minimum Gasteiger partial charge on any atom is -0.316 e. The normalized spacial score (nSPS) is 10.7. The first-order chi connectivity index (χ1) is 8.28. The van der Waals surface area contributed by atoms with Crippen molar-refractivity contribution in [2.45, 2.75) is 17.2 Å². The number of hydrogen-bond donors (Lipinski definition) is 1. The predicted molar refractivity (Wildman–Crippen MR) is 69.8 cm³/mol. The van der Waals surface area contributed by atoms with Crippen LogP contribution >= 0.6 is 11.8 Å². The predicted octanol–water partition coefficient (Wildman–Crippen LogP) is 1.83. The second-order valence-corrected chi connectivity index (χ2v) is 4.90. The first-order valence-corrected chi connectivity index (χ1v) is 6.48. The summed E-state index contributed by atoms with van der Waals surface area (Å²) in [5, 5.41) is 11.1. The van der Waals surface area contributed by atoms with Gasteiger partial charge in [0.15, 0.2) is 0 Å². The highest BCUT2D eigenvalue weighted by Gasteiger charge is 2.01. The second-order valence-electron chi connectivity index (χ2n) is 3.85. The van der Waals surface area contributed by atoms with E-state index in [9.17, 15) is 0 Å². The van der Waals surface area contributed by atoms with E-state index in [0.29, 0.717) is 0 Å². The van der Waals surface area contributed by atoms with Crippen LogP contribution in [0, 0.1) is 0 Å². The van der Waals surface area contributed by atoms with Gasteiger partial charge in [0, 0.05) is 30.4 Å². The van der Waals surface area contributed by atoms with Gasteiger partial charge < -0.3 is 5.32 Å². The Bertz CT molecular complexity index is 481. The highest BCUT2D eigenvalue weighted by Crippen LogP contribution is 2.22. The molecule has 0 atom stereocenters. The van der Waals surface area contributed by atoms with Gasteiger partial charge in [-0.25, -0.2) is 0 Å². The van der Waals surface area contributed by atoms with Crippen LogP contribution in [0.2, 0.25) is 0 Å². The van der Waals surface area contributed by atoms with E-state index in [0.717, 1.165) is 18.0 Å². The molecule has 90 valence electrons. The third kappa shape index (κ3) is 3.57. The Morgan fingerprint density at radius 3 is 3.00 bits per heavy atom. The number of nitrogens with one attached hydrogen (secondary N) is 1. The summed E-state index contributed by atoms with van der Waals surface area (Å²) in [4.78, 5) is 1.27. The van der Waals surface area contributed by atoms with Gasteiger partial charge in [0.1, 0.15) is 0 Å². The van der Waals surface area contributed by atoms with Crippen LogP contribution in [-0.4, -0.2) is 22.0 Å². The van der Waals surface area contributed by atoms with Crippen molar-refractivity contribution in [1.29, 1.82) is 0 Å². The fourth-order valence-electron chi connectivity index (χ4n) is 1.57. The van der Waals surface area contributed by atoms with Crippen molar-refractivity contribution >= 4 is 11.8 Å². The molecular formula is C12H16N4S. The Morgan fingerprint density at radius 1 is 1.41 bits per heavy atom. The van der Waals surface area contributed by atoms with Gasteiger partial charge in [0.2, 0.25) is 0 Å². The fraction of sp³-hybridized carbons (Fsp3) is 0.333. The Balaban J connectivity index is 1.96. The van der Waals surface area contributed by atoms with E-state index in [1.807, 2.05) is 20.3 Å². The lowest BCUT2D eigenvalue weighted by molar-refractivity contribution is 0.714. The average molecular weight is 248 g/mol. The lowest BCUT2D eigenvalue weighted by atomic mass is 10.2. The molecule has 0 saturated heterocycles. The standard InChI is InChI=1S/C12H16N4S/c1-13-7-10-4-3-5-12(6-10)17-9-11-8-16(2)15-14-11/h3-6,8,13H,7,9H2,1-2H3. The average Bonchev–Trinajstić information content (AvgIpc) is 2.74. The third-order valence-electron chi connectivity index (χ3n) is 2.32. The van der Waals surface area contributed by atoms with Crippen molar-refractivity contribution in [3.63, 3.8) is 0 Å². The van der Waals surface area contributed by atoms with Crippen LogP contribution < -0.4 is 5.32 Å². The van der Waals surface area contributed by atoms with E-state index >= 15 is 0 Å². The van der Waals surface area contributed by atoms with Crippen molar-refractivity contribution in [3.05, 3.63) is 41.7 Å². The molecule has 0 bridgehead atoms. The van der Waals surface area contributed by atoms with Gasteiger partial charge in [-0.1, -0.05) is 17.3 Å². The molecule has 0 radical (unpaired) electrons. The molecule has 17 heavy (non-hydrogen) atoms. The third-order valence-corrected chi connectivity index (χ3v) is 3.34. The van der Waals surface area contributed by atoms with Crippen LogP contribution in [0.25, 0.3) is 0 Å². The molecular weight excluding hydrogens is 232 g/mol. The number of benzene rings is 1. The van der Waals surface area contributed by atoms with E-state index < -0.39 is 0 Å². The molecule has 0 spiro atoms. The van der Waals surface area contributed by atoms with Crippen molar-refractivity contribution in [1.82, 2.24) is 20.3 Å². The Kier molecular flexibility index (Phi) is 4.17. The summed E-state index contributed by atoms with van der Waals surface area (Å²) in [7, 11) is 3.84. The summed E-state index contributed by atoms with van der Waals surface area (Å²) < 4.78 is 1.73. The lowest BCUT2D eigenvalue weighted by Gasteiger charge is -2.03. The van der Waals surface area contributed by atoms with Crippen LogP contribution in [0.1, 0.15) is 11.3 Å². The number of nitrogens with zero attached hydrogens (tertiary/aromatic N) is 3. The maximum absolute atomic E-state index is 4.07. The van der Waals surface area contributed by atoms with Gasteiger partial charge in [0.25, 0.3) is 0 Å². The zero-order valence-corrected chi connectivity index (χ0v) is 10.9. The lowest BCUT2D eigenvalue weighted by Crippen LogP contribution is -2.04. The van der Waals surface area contributed by atoms with E-state index in [2.05, 4.69) is 39.9 Å². The zero-order valence-electron chi connectivity index (χ0n) is 10.1. The number of rotatable bonds is 5. The smallest absolute Gasteiger partial charge is 0.0929 e.